The number of benzene rings is 1. The van der Waals surface area contributed by atoms with Crippen molar-refractivity contribution in [2.75, 3.05) is 12.4 Å². The van der Waals surface area contributed by atoms with Crippen molar-refractivity contribution in [1.29, 1.82) is 0 Å². The smallest absolute Gasteiger partial charge is 0.319 e. The van der Waals surface area contributed by atoms with Crippen molar-refractivity contribution in [3.63, 3.8) is 0 Å². The molecule has 0 spiro atoms. The van der Waals surface area contributed by atoms with Crippen LogP contribution in [0.3, 0.4) is 0 Å². The molecule has 0 saturated heterocycles. The fraction of sp³-hybridized carbons (Fsp3) is 0.500. The van der Waals surface area contributed by atoms with E-state index in [0.29, 0.717) is 11.4 Å². The highest BCUT2D eigenvalue weighted by Crippen LogP contribution is 2.27. The Balaban J connectivity index is 1.94. The number of aliphatic hydroxyl groups is 1. The maximum absolute atomic E-state index is 11.9. The van der Waals surface area contributed by atoms with Crippen LogP contribution in [0, 0.1) is 0 Å². The van der Waals surface area contributed by atoms with E-state index >= 15 is 0 Å². The minimum atomic E-state index is -0.450. The van der Waals surface area contributed by atoms with Gasteiger partial charge < -0.3 is 20.5 Å². The zero-order chi connectivity index (χ0) is 14.5. The molecule has 1 aliphatic carbocycles. The van der Waals surface area contributed by atoms with E-state index in [1.807, 2.05) is 0 Å². The number of amides is 2. The highest BCUT2D eigenvalue weighted by molar-refractivity contribution is 9.10. The lowest BCUT2D eigenvalue weighted by molar-refractivity contribution is 0.0955. The number of nitrogens with one attached hydrogen (secondary N) is 2. The summed E-state index contributed by atoms with van der Waals surface area (Å²) in [6.07, 6.45) is 3.17. The molecule has 0 unspecified atom stereocenters. The SMILES string of the molecule is COc1ccc(NC(=O)N[C@H]2CCCC[C@H]2O)c(Br)c1. The van der Waals surface area contributed by atoms with Gasteiger partial charge >= 0.3 is 6.03 Å². The van der Waals surface area contributed by atoms with Gasteiger partial charge in [0.15, 0.2) is 0 Å². The van der Waals surface area contributed by atoms with Crippen molar-refractivity contribution >= 4 is 27.6 Å². The van der Waals surface area contributed by atoms with Gasteiger partial charge in [-0.15, -0.1) is 0 Å². The first kappa shape index (κ1) is 15.1. The highest BCUT2D eigenvalue weighted by Gasteiger charge is 2.24. The maximum Gasteiger partial charge on any atom is 0.319 e. The summed E-state index contributed by atoms with van der Waals surface area (Å²) in [5.41, 5.74) is 0.661. The Morgan fingerprint density at radius 2 is 2.15 bits per heavy atom. The molecule has 0 aliphatic heterocycles. The second-order valence-electron chi connectivity index (χ2n) is 4.90. The molecule has 1 saturated carbocycles. The number of aliphatic hydroxyl groups excluding tert-OH is 1. The second kappa shape index (κ2) is 6.95. The molecule has 3 N–H and O–H groups in total. The van der Waals surface area contributed by atoms with Crippen molar-refractivity contribution in [3.05, 3.63) is 22.7 Å². The van der Waals surface area contributed by atoms with E-state index in [1.54, 1.807) is 25.3 Å². The Morgan fingerprint density at radius 1 is 1.40 bits per heavy atom. The molecular weight excluding hydrogens is 324 g/mol. The summed E-state index contributed by atoms with van der Waals surface area (Å²) in [4.78, 5) is 11.9. The molecule has 0 bridgehead atoms. The van der Waals surface area contributed by atoms with Gasteiger partial charge in [0.2, 0.25) is 0 Å². The molecule has 2 rings (SSSR count). The van der Waals surface area contributed by atoms with E-state index < -0.39 is 6.10 Å². The first-order valence-electron chi connectivity index (χ1n) is 6.69. The average Bonchev–Trinajstić information content (AvgIpc) is 2.43. The van der Waals surface area contributed by atoms with Gasteiger partial charge in [0.25, 0.3) is 0 Å². The van der Waals surface area contributed by atoms with E-state index in [2.05, 4.69) is 26.6 Å². The van der Waals surface area contributed by atoms with Crippen LogP contribution >= 0.6 is 15.9 Å². The minimum absolute atomic E-state index is 0.166. The third-order valence-electron chi connectivity index (χ3n) is 3.47. The van der Waals surface area contributed by atoms with Crippen molar-refractivity contribution in [2.24, 2.45) is 0 Å². The lowest BCUT2D eigenvalue weighted by Gasteiger charge is -2.28. The van der Waals surface area contributed by atoms with E-state index in [4.69, 9.17) is 4.74 Å². The molecule has 2 amide bonds. The van der Waals surface area contributed by atoms with Crippen LogP contribution in [-0.2, 0) is 0 Å². The number of urea groups is 1. The lowest BCUT2D eigenvalue weighted by atomic mass is 9.93. The zero-order valence-electron chi connectivity index (χ0n) is 11.4. The van der Waals surface area contributed by atoms with Gasteiger partial charge in [-0.05, 0) is 47.0 Å². The highest BCUT2D eigenvalue weighted by atomic mass is 79.9. The molecule has 1 aromatic carbocycles. The number of anilines is 1. The zero-order valence-corrected chi connectivity index (χ0v) is 12.9. The summed E-state index contributed by atoms with van der Waals surface area (Å²) in [5, 5.41) is 15.4. The van der Waals surface area contributed by atoms with Crippen LogP contribution in [0.2, 0.25) is 0 Å². The molecule has 0 heterocycles. The summed E-state index contributed by atoms with van der Waals surface area (Å²) in [6, 6.07) is 4.85. The monoisotopic (exact) mass is 342 g/mol. The first-order valence-corrected chi connectivity index (χ1v) is 7.48. The Labute approximate surface area is 126 Å². The first-order chi connectivity index (χ1) is 9.60. The summed E-state index contributed by atoms with van der Waals surface area (Å²) >= 11 is 3.38. The molecule has 2 atom stereocenters. The van der Waals surface area contributed by atoms with Crippen LogP contribution in [0.5, 0.6) is 5.75 Å². The van der Waals surface area contributed by atoms with Crippen LogP contribution in [0.25, 0.3) is 0 Å². The van der Waals surface area contributed by atoms with E-state index in [-0.39, 0.29) is 12.1 Å². The number of methoxy groups -OCH3 is 1. The molecule has 110 valence electrons. The fourth-order valence-electron chi connectivity index (χ4n) is 2.33. The second-order valence-corrected chi connectivity index (χ2v) is 5.76. The normalized spacial score (nSPS) is 22.1. The van der Waals surface area contributed by atoms with Crippen molar-refractivity contribution in [3.8, 4) is 5.75 Å². The Hall–Kier alpha value is -1.27. The van der Waals surface area contributed by atoms with Gasteiger partial charge in [-0.25, -0.2) is 4.79 Å². The molecule has 1 fully saturated rings. The third kappa shape index (κ3) is 3.86. The number of carbonyl (C=O) groups excluding carboxylic acids is 1. The predicted molar refractivity (Wildman–Crippen MR) is 81.1 cm³/mol. The lowest BCUT2D eigenvalue weighted by Crippen LogP contribution is -2.46. The number of hydrogen-bond donors (Lipinski definition) is 3. The van der Waals surface area contributed by atoms with Crippen LogP contribution < -0.4 is 15.4 Å². The Morgan fingerprint density at radius 3 is 2.80 bits per heavy atom. The molecular formula is C14H19BrN2O3. The summed E-state index contributed by atoms with van der Waals surface area (Å²) in [6.45, 7) is 0. The standard InChI is InChI=1S/C14H19BrN2O3/c1-20-9-6-7-11(10(15)8-9)16-14(19)17-12-4-2-3-5-13(12)18/h6-8,12-13,18H,2-5H2,1H3,(H2,16,17,19)/t12-,13+/m0/s1. The quantitative estimate of drug-likeness (QED) is 0.790. The maximum atomic E-state index is 11.9. The van der Waals surface area contributed by atoms with Crippen LogP contribution in [0.1, 0.15) is 25.7 Å². The van der Waals surface area contributed by atoms with Gasteiger partial charge in [0, 0.05) is 4.47 Å². The third-order valence-corrected chi connectivity index (χ3v) is 4.13. The van der Waals surface area contributed by atoms with Crippen molar-refractivity contribution in [1.82, 2.24) is 5.32 Å². The van der Waals surface area contributed by atoms with Gasteiger partial charge in [-0.3, -0.25) is 0 Å². The average molecular weight is 343 g/mol. The number of hydrogen-bond acceptors (Lipinski definition) is 3. The number of carbonyl (C=O) groups is 1. The Kier molecular flexibility index (Phi) is 5.25. The number of rotatable bonds is 3. The fourth-order valence-corrected chi connectivity index (χ4v) is 2.79. The summed E-state index contributed by atoms with van der Waals surface area (Å²) in [7, 11) is 1.59. The molecule has 20 heavy (non-hydrogen) atoms. The Bertz CT molecular complexity index is 481. The number of ether oxygens (including phenoxy) is 1. The summed E-state index contributed by atoms with van der Waals surface area (Å²) < 4.78 is 5.85. The van der Waals surface area contributed by atoms with Crippen molar-refractivity contribution in [2.45, 2.75) is 37.8 Å². The van der Waals surface area contributed by atoms with Gasteiger partial charge in [-0.2, -0.15) is 0 Å². The van der Waals surface area contributed by atoms with Gasteiger partial charge in [0.05, 0.1) is 24.9 Å². The topological polar surface area (TPSA) is 70.6 Å². The largest absolute Gasteiger partial charge is 0.497 e. The number of halogens is 1. The molecule has 1 aromatic rings. The minimum Gasteiger partial charge on any atom is -0.497 e. The molecule has 0 radical (unpaired) electrons. The van der Waals surface area contributed by atoms with Gasteiger partial charge in [0.1, 0.15) is 5.75 Å². The summed E-state index contributed by atoms with van der Waals surface area (Å²) in [5.74, 6) is 0.713. The molecule has 6 heteroatoms. The van der Waals surface area contributed by atoms with Crippen LogP contribution in [-0.4, -0.2) is 30.4 Å². The molecule has 0 aromatic heterocycles. The van der Waals surface area contributed by atoms with Crippen molar-refractivity contribution < 1.29 is 14.6 Å². The predicted octanol–water partition coefficient (Wildman–Crippen LogP) is 2.88. The van der Waals surface area contributed by atoms with E-state index in [0.717, 1.165) is 30.2 Å². The van der Waals surface area contributed by atoms with Crippen LogP contribution in [0.4, 0.5) is 10.5 Å². The van der Waals surface area contributed by atoms with E-state index in [1.165, 1.54) is 0 Å². The van der Waals surface area contributed by atoms with Gasteiger partial charge in [-0.1, -0.05) is 12.8 Å². The van der Waals surface area contributed by atoms with Crippen LogP contribution in [0.15, 0.2) is 22.7 Å². The molecule has 5 nitrogen and oxygen atoms in total. The molecule has 1 aliphatic rings. The van der Waals surface area contributed by atoms with E-state index in [9.17, 15) is 9.90 Å².